The van der Waals surface area contributed by atoms with Crippen LogP contribution in [0.1, 0.15) is 55.8 Å². The maximum Gasteiger partial charge on any atom is 0.251 e. The van der Waals surface area contributed by atoms with E-state index in [0.717, 1.165) is 57.6 Å². The van der Waals surface area contributed by atoms with Crippen molar-refractivity contribution in [3.63, 3.8) is 0 Å². The summed E-state index contributed by atoms with van der Waals surface area (Å²) in [6, 6.07) is 4.43. The molecule has 0 bridgehead atoms. The highest BCUT2D eigenvalue weighted by molar-refractivity contribution is 5.95. The van der Waals surface area contributed by atoms with Gasteiger partial charge in [-0.1, -0.05) is 6.92 Å². The summed E-state index contributed by atoms with van der Waals surface area (Å²) in [7, 11) is 0. The Balaban J connectivity index is 1.45. The third-order valence-corrected chi connectivity index (χ3v) is 5.85. The fourth-order valence-corrected chi connectivity index (χ4v) is 4.32. The van der Waals surface area contributed by atoms with Crippen LogP contribution in [-0.4, -0.2) is 53.4 Å². The molecule has 4 rings (SSSR count). The smallest absolute Gasteiger partial charge is 0.251 e. The van der Waals surface area contributed by atoms with Crippen LogP contribution in [0.25, 0.3) is 0 Å². The molecule has 2 atom stereocenters. The number of rotatable bonds is 5. The van der Waals surface area contributed by atoms with Crippen LogP contribution in [0.3, 0.4) is 0 Å². The first kappa shape index (κ1) is 17.3. The highest BCUT2D eigenvalue weighted by Gasteiger charge is 2.39. The van der Waals surface area contributed by atoms with Crippen molar-refractivity contribution in [1.29, 1.82) is 0 Å². The molecular weight excluding hydrogens is 328 g/mol. The molecule has 1 N–H and O–H groups in total. The van der Waals surface area contributed by atoms with Gasteiger partial charge in [-0.3, -0.25) is 9.59 Å². The third-order valence-electron chi connectivity index (χ3n) is 5.85. The van der Waals surface area contributed by atoms with E-state index in [-0.39, 0.29) is 5.91 Å². The molecule has 1 saturated carbocycles. The first-order valence-electron chi connectivity index (χ1n) is 9.97. The number of amides is 2. The molecule has 3 fully saturated rings. The molecule has 26 heavy (non-hydrogen) atoms. The lowest BCUT2D eigenvalue weighted by molar-refractivity contribution is -0.139. The lowest BCUT2D eigenvalue weighted by Gasteiger charge is -2.47. The van der Waals surface area contributed by atoms with Gasteiger partial charge in [0.2, 0.25) is 5.91 Å². The molecule has 1 aromatic heterocycles. The van der Waals surface area contributed by atoms with Crippen molar-refractivity contribution in [2.45, 2.75) is 57.5 Å². The van der Waals surface area contributed by atoms with E-state index in [9.17, 15) is 9.59 Å². The molecule has 0 radical (unpaired) electrons. The zero-order chi connectivity index (χ0) is 18.1. The normalized spacial score (nSPS) is 25.8. The van der Waals surface area contributed by atoms with Crippen LogP contribution < -0.4 is 10.2 Å². The van der Waals surface area contributed by atoms with E-state index < -0.39 is 0 Å². The molecule has 3 heterocycles. The number of anilines is 1. The second-order valence-electron chi connectivity index (χ2n) is 7.84. The summed E-state index contributed by atoms with van der Waals surface area (Å²) in [4.78, 5) is 33.5. The summed E-state index contributed by atoms with van der Waals surface area (Å²) in [6.45, 7) is 4.80. The van der Waals surface area contributed by atoms with Crippen molar-refractivity contribution < 1.29 is 9.59 Å². The SMILES string of the molecule is CCCN1C(=O)CC[C@H]2CN(c3cc(C(=O)NC4CC4)ccn3)CC[C@H]21. The maximum absolute atomic E-state index is 12.3. The van der Waals surface area contributed by atoms with Crippen LogP contribution in [0.5, 0.6) is 0 Å². The lowest BCUT2D eigenvalue weighted by Crippen LogP contribution is -2.56. The predicted octanol–water partition coefficient (Wildman–Crippen LogP) is 2.20. The van der Waals surface area contributed by atoms with Crippen molar-refractivity contribution in [3.05, 3.63) is 23.9 Å². The van der Waals surface area contributed by atoms with Crippen molar-refractivity contribution in [2.75, 3.05) is 24.5 Å². The minimum Gasteiger partial charge on any atom is -0.356 e. The zero-order valence-electron chi connectivity index (χ0n) is 15.5. The van der Waals surface area contributed by atoms with Gasteiger partial charge in [-0.2, -0.15) is 0 Å². The summed E-state index contributed by atoms with van der Waals surface area (Å²) in [5.41, 5.74) is 0.690. The van der Waals surface area contributed by atoms with E-state index in [1.54, 1.807) is 12.3 Å². The van der Waals surface area contributed by atoms with Gasteiger partial charge >= 0.3 is 0 Å². The highest BCUT2D eigenvalue weighted by atomic mass is 16.2. The summed E-state index contributed by atoms with van der Waals surface area (Å²) in [5, 5.41) is 3.04. The van der Waals surface area contributed by atoms with Crippen LogP contribution in [0, 0.1) is 5.92 Å². The van der Waals surface area contributed by atoms with Crippen molar-refractivity contribution in [2.24, 2.45) is 5.92 Å². The average Bonchev–Trinajstić information content (AvgIpc) is 3.48. The molecule has 0 unspecified atom stereocenters. The second-order valence-corrected chi connectivity index (χ2v) is 7.84. The van der Waals surface area contributed by atoms with Crippen LogP contribution in [0.4, 0.5) is 5.82 Å². The number of hydrogen-bond acceptors (Lipinski definition) is 4. The Kier molecular flexibility index (Phi) is 4.83. The van der Waals surface area contributed by atoms with Crippen molar-refractivity contribution in [3.8, 4) is 0 Å². The summed E-state index contributed by atoms with van der Waals surface area (Å²) in [5.74, 6) is 1.70. The molecule has 2 saturated heterocycles. The van der Waals surface area contributed by atoms with Gasteiger partial charge < -0.3 is 15.1 Å². The molecule has 2 amide bonds. The molecule has 140 valence electrons. The van der Waals surface area contributed by atoms with Gasteiger partial charge in [-0.05, 0) is 50.2 Å². The number of aromatic nitrogens is 1. The minimum atomic E-state index is 0.00317. The van der Waals surface area contributed by atoms with E-state index in [1.807, 2.05) is 6.07 Å². The molecule has 6 heteroatoms. The van der Waals surface area contributed by atoms with Gasteiger partial charge in [-0.15, -0.1) is 0 Å². The van der Waals surface area contributed by atoms with Gasteiger partial charge in [0.25, 0.3) is 5.91 Å². The monoisotopic (exact) mass is 356 g/mol. The topological polar surface area (TPSA) is 65.5 Å². The average molecular weight is 356 g/mol. The number of fused-ring (bicyclic) bond motifs is 1. The summed E-state index contributed by atoms with van der Waals surface area (Å²) >= 11 is 0. The number of piperidine rings is 2. The van der Waals surface area contributed by atoms with Gasteiger partial charge in [0.1, 0.15) is 5.82 Å². The number of pyridine rings is 1. The van der Waals surface area contributed by atoms with E-state index in [0.29, 0.717) is 35.9 Å². The Labute approximate surface area is 155 Å². The Hall–Kier alpha value is -2.11. The Morgan fingerprint density at radius 2 is 2.15 bits per heavy atom. The van der Waals surface area contributed by atoms with Crippen LogP contribution in [-0.2, 0) is 4.79 Å². The number of nitrogens with one attached hydrogen (secondary N) is 1. The van der Waals surface area contributed by atoms with E-state index in [1.165, 1.54) is 0 Å². The van der Waals surface area contributed by atoms with Gasteiger partial charge in [0.05, 0.1) is 0 Å². The number of carbonyl (C=O) groups is 2. The Morgan fingerprint density at radius 1 is 1.31 bits per heavy atom. The third kappa shape index (κ3) is 3.55. The van der Waals surface area contributed by atoms with Crippen LogP contribution >= 0.6 is 0 Å². The molecule has 0 aromatic carbocycles. The first-order valence-corrected chi connectivity index (χ1v) is 9.97. The number of carbonyl (C=O) groups excluding carboxylic acids is 2. The molecule has 0 spiro atoms. The van der Waals surface area contributed by atoms with Crippen LogP contribution in [0.15, 0.2) is 18.3 Å². The van der Waals surface area contributed by atoms with E-state index in [4.69, 9.17) is 0 Å². The summed E-state index contributed by atoms with van der Waals surface area (Å²) < 4.78 is 0. The van der Waals surface area contributed by atoms with Crippen molar-refractivity contribution in [1.82, 2.24) is 15.2 Å². The second kappa shape index (κ2) is 7.25. The minimum absolute atomic E-state index is 0.00317. The number of nitrogens with zero attached hydrogens (tertiary/aromatic N) is 3. The van der Waals surface area contributed by atoms with E-state index in [2.05, 4.69) is 27.0 Å². The highest BCUT2D eigenvalue weighted by Crippen LogP contribution is 2.33. The van der Waals surface area contributed by atoms with Gasteiger partial charge in [-0.25, -0.2) is 4.98 Å². The molecule has 1 aliphatic carbocycles. The molecule has 1 aromatic rings. The Bertz CT molecular complexity index is 688. The molecular formula is C20H28N4O2. The Morgan fingerprint density at radius 3 is 2.92 bits per heavy atom. The van der Waals surface area contributed by atoms with Crippen molar-refractivity contribution >= 4 is 17.6 Å². The fourth-order valence-electron chi connectivity index (χ4n) is 4.32. The lowest BCUT2D eigenvalue weighted by atomic mass is 9.83. The van der Waals surface area contributed by atoms with Gasteiger partial charge in [0, 0.05) is 49.9 Å². The largest absolute Gasteiger partial charge is 0.356 e. The quantitative estimate of drug-likeness (QED) is 0.878. The molecule has 6 nitrogen and oxygen atoms in total. The zero-order valence-corrected chi connectivity index (χ0v) is 15.5. The van der Waals surface area contributed by atoms with Gasteiger partial charge in [0.15, 0.2) is 0 Å². The summed E-state index contributed by atoms with van der Waals surface area (Å²) in [6.07, 6.45) is 7.53. The maximum atomic E-state index is 12.3. The predicted molar refractivity (Wildman–Crippen MR) is 100 cm³/mol. The molecule has 3 aliphatic rings. The first-order chi connectivity index (χ1) is 12.7. The van der Waals surface area contributed by atoms with Crippen LogP contribution in [0.2, 0.25) is 0 Å². The number of likely N-dealkylation sites (tertiary alicyclic amines) is 1. The van der Waals surface area contributed by atoms with E-state index >= 15 is 0 Å². The molecule has 2 aliphatic heterocycles. The standard InChI is InChI=1S/C20H28N4O2/c1-2-10-24-17-8-11-23(13-15(17)3-6-19(24)25)18-12-14(7-9-21-18)20(26)22-16-4-5-16/h7,9,12,15-17H,2-6,8,10-11,13H2,1H3,(H,22,26)/t15-,17+/m0/s1. The fraction of sp³-hybridized carbons (Fsp3) is 0.650. The number of hydrogen-bond donors (Lipinski definition) is 1.